The second kappa shape index (κ2) is 3.90. The molecule has 6 nitrogen and oxygen atoms in total. The van der Waals surface area contributed by atoms with Crippen molar-refractivity contribution in [2.45, 2.75) is 12.5 Å². The molecule has 1 aromatic heterocycles. The van der Waals surface area contributed by atoms with Gasteiger partial charge < -0.3 is 15.8 Å². The van der Waals surface area contributed by atoms with Crippen LogP contribution in [0.1, 0.15) is 16.9 Å². The quantitative estimate of drug-likeness (QED) is 0.690. The smallest absolute Gasteiger partial charge is 0.271 e. The lowest BCUT2D eigenvalue weighted by Gasteiger charge is -2.10. The summed E-state index contributed by atoms with van der Waals surface area (Å²) >= 11 is 0. The third-order valence-corrected chi connectivity index (χ3v) is 2.45. The lowest BCUT2D eigenvalue weighted by atomic mass is 10.2. The van der Waals surface area contributed by atoms with Crippen molar-refractivity contribution in [1.82, 2.24) is 15.1 Å². The Kier molecular flexibility index (Phi) is 2.59. The number of carbonyl (C=O) groups excluding carboxylic acids is 1. The number of aryl methyl sites for hydroxylation is 1. The number of nitrogen functional groups attached to an aromatic ring is 1. The zero-order chi connectivity index (χ0) is 10.8. The molecule has 0 spiro atoms. The number of nitrogens with two attached hydrogens (primary N) is 1. The van der Waals surface area contributed by atoms with Crippen molar-refractivity contribution in [3.8, 4) is 0 Å². The molecule has 1 atom stereocenters. The lowest BCUT2D eigenvalue weighted by Crippen LogP contribution is -2.36. The van der Waals surface area contributed by atoms with Crippen molar-refractivity contribution < 1.29 is 9.53 Å². The van der Waals surface area contributed by atoms with Gasteiger partial charge in [0, 0.05) is 13.7 Å². The summed E-state index contributed by atoms with van der Waals surface area (Å²) in [5.74, 6) is -0.192. The van der Waals surface area contributed by atoms with E-state index in [1.807, 2.05) is 0 Å². The van der Waals surface area contributed by atoms with Gasteiger partial charge in [-0.15, -0.1) is 0 Å². The molecule has 2 heterocycles. The summed E-state index contributed by atoms with van der Waals surface area (Å²) in [5, 5.41) is 6.77. The van der Waals surface area contributed by atoms with Gasteiger partial charge in [0.15, 0.2) is 0 Å². The number of nitrogens with zero attached hydrogens (tertiary/aromatic N) is 2. The van der Waals surface area contributed by atoms with Crippen LogP contribution in [-0.2, 0) is 11.8 Å². The predicted octanol–water partition coefficient (Wildman–Crippen LogP) is -0.479. The molecule has 0 saturated carbocycles. The van der Waals surface area contributed by atoms with E-state index in [1.54, 1.807) is 7.05 Å². The van der Waals surface area contributed by atoms with Crippen molar-refractivity contribution in [3.63, 3.8) is 0 Å². The van der Waals surface area contributed by atoms with Gasteiger partial charge in [-0.05, 0) is 6.42 Å². The van der Waals surface area contributed by atoms with Gasteiger partial charge in [-0.2, -0.15) is 5.10 Å². The molecule has 1 saturated heterocycles. The van der Waals surface area contributed by atoms with E-state index in [1.165, 1.54) is 10.9 Å². The molecule has 1 amide bonds. The zero-order valence-corrected chi connectivity index (χ0v) is 8.56. The third-order valence-electron chi connectivity index (χ3n) is 2.45. The Morgan fingerprint density at radius 1 is 1.80 bits per heavy atom. The second-order valence-electron chi connectivity index (χ2n) is 3.61. The minimum atomic E-state index is -0.192. The number of nitrogens with one attached hydrogen (secondary N) is 1. The molecule has 1 aromatic rings. The van der Waals surface area contributed by atoms with Gasteiger partial charge in [-0.3, -0.25) is 9.48 Å². The van der Waals surface area contributed by atoms with Gasteiger partial charge in [-0.25, -0.2) is 0 Å². The van der Waals surface area contributed by atoms with Crippen LogP contribution in [0.15, 0.2) is 6.20 Å². The van der Waals surface area contributed by atoms with Gasteiger partial charge >= 0.3 is 0 Å². The summed E-state index contributed by atoms with van der Waals surface area (Å²) < 4.78 is 6.64. The van der Waals surface area contributed by atoms with Gasteiger partial charge in [0.2, 0.25) is 0 Å². The molecule has 0 radical (unpaired) electrons. The van der Waals surface area contributed by atoms with Crippen LogP contribution < -0.4 is 11.1 Å². The summed E-state index contributed by atoms with van der Waals surface area (Å²) in [5.41, 5.74) is 6.44. The van der Waals surface area contributed by atoms with E-state index in [0.29, 0.717) is 24.6 Å². The first-order valence-corrected chi connectivity index (χ1v) is 4.84. The number of hydrogen-bond acceptors (Lipinski definition) is 4. The van der Waals surface area contributed by atoms with E-state index in [4.69, 9.17) is 10.5 Å². The Bertz CT molecular complexity index is 349. The summed E-state index contributed by atoms with van der Waals surface area (Å²) in [6.45, 7) is 1.27. The number of amides is 1. The Balaban J connectivity index is 2.07. The maximum absolute atomic E-state index is 11.8. The highest BCUT2D eigenvalue weighted by atomic mass is 16.5. The maximum Gasteiger partial charge on any atom is 0.271 e. The van der Waals surface area contributed by atoms with Gasteiger partial charge in [-0.1, -0.05) is 0 Å². The van der Waals surface area contributed by atoms with Crippen molar-refractivity contribution in [2.75, 3.05) is 18.9 Å². The molecule has 1 aliphatic heterocycles. The highest BCUT2D eigenvalue weighted by molar-refractivity contribution is 5.97. The minimum Gasteiger partial charge on any atom is -0.396 e. The summed E-state index contributed by atoms with van der Waals surface area (Å²) in [6, 6.07) is 0.0896. The molecule has 0 unspecified atom stereocenters. The molecule has 0 aromatic carbocycles. The average molecular weight is 210 g/mol. The zero-order valence-electron chi connectivity index (χ0n) is 8.56. The van der Waals surface area contributed by atoms with Crippen LogP contribution in [0.3, 0.4) is 0 Å². The fourth-order valence-electron chi connectivity index (χ4n) is 1.63. The number of anilines is 1. The molecule has 2 rings (SSSR count). The predicted molar refractivity (Wildman–Crippen MR) is 54.3 cm³/mol. The Labute approximate surface area is 87.4 Å². The lowest BCUT2D eigenvalue weighted by molar-refractivity contribution is 0.0921. The van der Waals surface area contributed by atoms with E-state index in [0.717, 1.165) is 6.42 Å². The third kappa shape index (κ3) is 1.94. The topological polar surface area (TPSA) is 82.2 Å². The van der Waals surface area contributed by atoms with Gasteiger partial charge in [0.05, 0.1) is 24.5 Å². The molecular formula is C9H14N4O2. The fraction of sp³-hybridized carbons (Fsp3) is 0.556. The first-order chi connectivity index (χ1) is 7.18. The largest absolute Gasteiger partial charge is 0.396 e. The number of rotatable bonds is 2. The molecule has 15 heavy (non-hydrogen) atoms. The van der Waals surface area contributed by atoms with Gasteiger partial charge in [0.25, 0.3) is 5.91 Å². The van der Waals surface area contributed by atoms with Crippen molar-refractivity contribution >= 4 is 11.6 Å². The monoisotopic (exact) mass is 210 g/mol. The normalized spacial score (nSPS) is 20.5. The van der Waals surface area contributed by atoms with E-state index in [-0.39, 0.29) is 11.9 Å². The molecule has 6 heteroatoms. The number of carbonyl (C=O) groups is 1. The van der Waals surface area contributed by atoms with Crippen molar-refractivity contribution in [3.05, 3.63) is 11.9 Å². The maximum atomic E-state index is 11.8. The first kappa shape index (κ1) is 9.97. The summed E-state index contributed by atoms with van der Waals surface area (Å²) in [4.78, 5) is 11.8. The Morgan fingerprint density at radius 2 is 2.60 bits per heavy atom. The number of hydrogen-bond donors (Lipinski definition) is 2. The van der Waals surface area contributed by atoms with Crippen molar-refractivity contribution in [1.29, 1.82) is 0 Å². The molecular weight excluding hydrogens is 196 g/mol. The molecule has 0 aliphatic carbocycles. The number of ether oxygens (including phenoxy) is 1. The number of aromatic nitrogens is 2. The second-order valence-corrected chi connectivity index (χ2v) is 3.61. The van der Waals surface area contributed by atoms with Crippen LogP contribution in [-0.4, -0.2) is 34.9 Å². The van der Waals surface area contributed by atoms with E-state index in [2.05, 4.69) is 10.4 Å². The SMILES string of the molecule is Cn1ncc(N)c1C(=O)N[C@H]1CCOC1. The molecule has 82 valence electrons. The molecule has 1 fully saturated rings. The summed E-state index contributed by atoms with van der Waals surface area (Å²) in [7, 11) is 1.69. The minimum absolute atomic E-state index is 0.0896. The molecule has 0 bridgehead atoms. The van der Waals surface area contributed by atoms with E-state index in [9.17, 15) is 4.79 Å². The first-order valence-electron chi connectivity index (χ1n) is 4.84. The highest BCUT2D eigenvalue weighted by Crippen LogP contribution is 2.10. The standard InChI is InChI=1S/C9H14N4O2/c1-13-8(7(10)4-11-13)9(14)12-6-2-3-15-5-6/h4,6H,2-3,5,10H2,1H3,(H,12,14)/t6-/m0/s1. The van der Waals surface area contributed by atoms with Crippen LogP contribution in [0, 0.1) is 0 Å². The van der Waals surface area contributed by atoms with Crippen LogP contribution >= 0.6 is 0 Å². The molecule has 1 aliphatic rings. The van der Waals surface area contributed by atoms with Crippen LogP contribution in [0.4, 0.5) is 5.69 Å². The van der Waals surface area contributed by atoms with E-state index >= 15 is 0 Å². The average Bonchev–Trinajstić information content (AvgIpc) is 2.77. The molecule has 3 N–H and O–H groups in total. The summed E-state index contributed by atoms with van der Waals surface area (Å²) in [6.07, 6.45) is 2.32. The Hall–Kier alpha value is -1.56. The van der Waals surface area contributed by atoms with Crippen molar-refractivity contribution in [2.24, 2.45) is 7.05 Å². The van der Waals surface area contributed by atoms with Crippen LogP contribution in [0.25, 0.3) is 0 Å². The fourth-order valence-corrected chi connectivity index (χ4v) is 1.63. The van der Waals surface area contributed by atoms with Crippen LogP contribution in [0.2, 0.25) is 0 Å². The van der Waals surface area contributed by atoms with Crippen LogP contribution in [0.5, 0.6) is 0 Å². The van der Waals surface area contributed by atoms with E-state index < -0.39 is 0 Å². The Morgan fingerprint density at radius 3 is 3.13 bits per heavy atom. The highest BCUT2D eigenvalue weighted by Gasteiger charge is 2.21. The van der Waals surface area contributed by atoms with Gasteiger partial charge in [0.1, 0.15) is 5.69 Å².